The van der Waals surface area contributed by atoms with Gasteiger partial charge in [0.05, 0.1) is 12.8 Å². The molecule has 0 spiro atoms. The zero-order valence-corrected chi connectivity index (χ0v) is 16.6. The SMILES string of the molecule is COc1ccccc1N1CCN(C(=O)CCc2cc3ccccc3[nH]c2=O)CC1. The first-order valence-electron chi connectivity index (χ1n) is 9.92. The number of ether oxygens (including phenoxy) is 1. The molecule has 1 N–H and O–H groups in total. The molecule has 0 unspecified atom stereocenters. The molecule has 0 aliphatic carbocycles. The molecule has 2 heterocycles. The van der Waals surface area contributed by atoms with Crippen LogP contribution in [0.5, 0.6) is 5.75 Å². The minimum atomic E-state index is -0.113. The molecular formula is C23H25N3O3. The van der Waals surface area contributed by atoms with Crippen LogP contribution >= 0.6 is 0 Å². The Bertz CT molecular complexity index is 1070. The lowest BCUT2D eigenvalue weighted by Gasteiger charge is -2.36. The second-order valence-corrected chi connectivity index (χ2v) is 7.25. The quantitative estimate of drug-likeness (QED) is 0.726. The van der Waals surface area contributed by atoms with Crippen molar-refractivity contribution in [3.63, 3.8) is 0 Å². The monoisotopic (exact) mass is 391 g/mol. The number of pyridine rings is 1. The van der Waals surface area contributed by atoms with Crippen LogP contribution in [0.4, 0.5) is 5.69 Å². The van der Waals surface area contributed by atoms with Crippen molar-refractivity contribution in [2.24, 2.45) is 0 Å². The molecule has 1 aliphatic rings. The number of carbonyl (C=O) groups is 1. The van der Waals surface area contributed by atoms with Crippen LogP contribution in [-0.2, 0) is 11.2 Å². The lowest BCUT2D eigenvalue weighted by molar-refractivity contribution is -0.131. The van der Waals surface area contributed by atoms with Gasteiger partial charge in [0.1, 0.15) is 5.75 Å². The Morgan fingerprint density at radius 2 is 1.76 bits per heavy atom. The molecule has 0 bridgehead atoms. The van der Waals surface area contributed by atoms with Gasteiger partial charge in [0, 0.05) is 43.7 Å². The molecule has 2 aromatic carbocycles. The topological polar surface area (TPSA) is 65.6 Å². The fourth-order valence-corrected chi connectivity index (χ4v) is 3.87. The molecule has 1 saturated heterocycles. The number of rotatable bonds is 5. The number of hydrogen-bond acceptors (Lipinski definition) is 4. The number of nitrogens with zero attached hydrogens (tertiary/aromatic N) is 2. The molecular weight excluding hydrogens is 366 g/mol. The van der Waals surface area contributed by atoms with E-state index in [2.05, 4.69) is 9.88 Å². The zero-order chi connectivity index (χ0) is 20.2. The second-order valence-electron chi connectivity index (χ2n) is 7.25. The minimum Gasteiger partial charge on any atom is -0.495 e. The van der Waals surface area contributed by atoms with Crippen molar-refractivity contribution in [3.8, 4) is 5.75 Å². The first-order chi connectivity index (χ1) is 14.2. The maximum atomic E-state index is 12.7. The minimum absolute atomic E-state index is 0.0947. The van der Waals surface area contributed by atoms with Crippen LogP contribution < -0.4 is 15.2 Å². The van der Waals surface area contributed by atoms with E-state index in [0.29, 0.717) is 31.5 Å². The number of aryl methyl sites for hydroxylation is 1. The fourth-order valence-electron chi connectivity index (χ4n) is 3.87. The van der Waals surface area contributed by atoms with E-state index in [1.165, 1.54) is 0 Å². The number of methoxy groups -OCH3 is 1. The highest BCUT2D eigenvalue weighted by Gasteiger charge is 2.22. The van der Waals surface area contributed by atoms with Crippen LogP contribution in [0.3, 0.4) is 0 Å². The van der Waals surface area contributed by atoms with Crippen LogP contribution in [0.15, 0.2) is 59.4 Å². The molecule has 6 nitrogen and oxygen atoms in total. The summed E-state index contributed by atoms with van der Waals surface area (Å²) in [6.45, 7) is 2.88. The normalized spacial score (nSPS) is 14.2. The average molecular weight is 391 g/mol. The van der Waals surface area contributed by atoms with Crippen molar-refractivity contribution in [1.82, 2.24) is 9.88 Å². The Hall–Kier alpha value is -3.28. The van der Waals surface area contributed by atoms with Crippen LogP contribution in [-0.4, -0.2) is 49.1 Å². The maximum Gasteiger partial charge on any atom is 0.251 e. The number of anilines is 1. The average Bonchev–Trinajstić information content (AvgIpc) is 2.77. The third kappa shape index (κ3) is 4.11. The summed E-state index contributed by atoms with van der Waals surface area (Å²) in [5, 5.41) is 0.986. The number of aromatic amines is 1. The third-order valence-corrected chi connectivity index (χ3v) is 5.50. The number of hydrogen-bond donors (Lipinski definition) is 1. The number of piperazine rings is 1. The van der Waals surface area contributed by atoms with E-state index >= 15 is 0 Å². The van der Waals surface area contributed by atoms with Gasteiger partial charge in [-0.2, -0.15) is 0 Å². The van der Waals surface area contributed by atoms with E-state index in [4.69, 9.17) is 4.74 Å². The van der Waals surface area contributed by atoms with Gasteiger partial charge in [-0.3, -0.25) is 9.59 Å². The molecule has 1 aromatic heterocycles. The Morgan fingerprint density at radius 3 is 2.55 bits per heavy atom. The smallest absolute Gasteiger partial charge is 0.251 e. The summed E-state index contributed by atoms with van der Waals surface area (Å²) < 4.78 is 5.45. The molecule has 1 amide bonds. The number of nitrogens with one attached hydrogen (secondary N) is 1. The van der Waals surface area contributed by atoms with Crippen molar-refractivity contribution < 1.29 is 9.53 Å². The molecule has 29 heavy (non-hydrogen) atoms. The molecule has 0 saturated carbocycles. The molecule has 1 aliphatic heterocycles. The van der Waals surface area contributed by atoms with E-state index in [1.54, 1.807) is 7.11 Å². The Balaban J connectivity index is 1.36. The number of amides is 1. The second kappa shape index (κ2) is 8.39. The number of para-hydroxylation sites is 3. The molecule has 4 rings (SSSR count). The summed E-state index contributed by atoms with van der Waals surface area (Å²) in [5.74, 6) is 0.944. The highest BCUT2D eigenvalue weighted by molar-refractivity contribution is 5.79. The molecule has 150 valence electrons. The number of H-pyrrole nitrogens is 1. The lowest BCUT2D eigenvalue weighted by Crippen LogP contribution is -2.49. The lowest BCUT2D eigenvalue weighted by atomic mass is 10.1. The first kappa shape index (κ1) is 19.1. The van der Waals surface area contributed by atoms with Gasteiger partial charge in [-0.25, -0.2) is 0 Å². The first-order valence-corrected chi connectivity index (χ1v) is 9.92. The van der Waals surface area contributed by atoms with E-state index in [-0.39, 0.29) is 11.5 Å². The molecule has 3 aromatic rings. The van der Waals surface area contributed by atoms with E-state index in [1.807, 2.05) is 59.5 Å². The summed E-state index contributed by atoms with van der Waals surface area (Å²) in [6.07, 6.45) is 0.793. The summed E-state index contributed by atoms with van der Waals surface area (Å²) in [5.41, 5.74) is 2.42. The highest BCUT2D eigenvalue weighted by Crippen LogP contribution is 2.28. The van der Waals surface area contributed by atoms with Crippen LogP contribution in [0.1, 0.15) is 12.0 Å². The predicted octanol–water partition coefficient (Wildman–Crippen LogP) is 2.82. The van der Waals surface area contributed by atoms with Gasteiger partial charge < -0.3 is 19.5 Å². The molecule has 6 heteroatoms. The third-order valence-electron chi connectivity index (χ3n) is 5.50. The van der Waals surface area contributed by atoms with Crippen molar-refractivity contribution in [2.45, 2.75) is 12.8 Å². The van der Waals surface area contributed by atoms with Crippen LogP contribution in [0.25, 0.3) is 10.9 Å². The van der Waals surface area contributed by atoms with Crippen molar-refractivity contribution >= 4 is 22.5 Å². The maximum absolute atomic E-state index is 12.7. The fraction of sp³-hybridized carbons (Fsp3) is 0.304. The number of fused-ring (bicyclic) bond motifs is 1. The van der Waals surface area contributed by atoms with Crippen molar-refractivity contribution in [1.29, 1.82) is 0 Å². The molecule has 1 fully saturated rings. The summed E-state index contributed by atoms with van der Waals surface area (Å²) in [6, 6.07) is 17.5. The van der Waals surface area contributed by atoms with Crippen LogP contribution in [0.2, 0.25) is 0 Å². The van der Waals surface area contributed by atoms with Gasteiger partial charge >= 0.3 is 0 Å². The Morgan fingerprint density at radius 1 is 1.03 bits per heavy atom. The standard InChI is InChI=1S/C23H25N3O3/c1-29-21-9-5-4-8-20(21)25-12-14-26(15-13-25)22(27)11-10-18-16-17-6-2-3-7-19(17)24-23(18)28/h2-9,16H,10-15H2,1H3,(H,24,28). The molecule has 0 radical (unpaired) electrons. The number of carbonyl (C=O) groups excluding carboxylic acids is 1. The van der Waals surface area contributed by atoms with Gasteiger partial charge in [-0.1, -0.05) is 30.3 Å². The molecule has 0 atom stereocenters. The van der Waals surface area contributed by atoms with Crippen molar-refractivity contribution in [2.75, 3.05) is 38.2 Å². The van der Waals surface area contributed by atoms with Gasteiger partial charge in [0.15, 0.2) is 0 Å². The Kier molecular flexibility index (Phi) is 5.51. The van der Waals surface area contributed by atoms with Crippen molar-refractivity contribution in [3.05, 3.63) is 70.5 Å². The van der Waals surface area contributed by atoms with E-state index in [0.717, 1.165) is 35.4 Å². The number of benzene rings is 2. The highest BCUT2D eigenvalue weighted by atomic mass is 16.5. The van der Waals surface area contributed by atoms with Gasteiger partial charge in [-0.05, 0) is 36.1 Å². The number of aromatic nitrogens is 1. The van der Waals surface area contributed by atoms with Gasteiger partial charge in [-0.15, -0.1) is 0 Å². The summed E-state index contributed by atoms with van der Waals surface area (Å²) >= 11 is 0. The van der Waals surface area contributed by atoms with E-state index in [9.17, 15) is 9.59 Å². The summed E-state index contributed by atoms with van der Waals surface area (Å²) in [7, 11) is 1.67. The van der Waals surface area contributed by atoms with Gasteiger partial charge in [0.25, 0.3) is 5.56 Å². The van der Waals surface area contributed by atoms with E-state index < -0.39 is 0 Å². The van der Waals surface area contributed by atoms with Crippen LogP contribution in [0, 0.1) is 0 Å². The largest absolute Gasteiger partial charge is 0.495 e. The predicted molar refractivity (Wildman–Crippen MR) is 115 cm³/mol. The zero-order valence-electron chi connectivity index (χ0n) is 16.6. The summed E-state index contributed by atoms with van der Waals surface area (Å²) in [4.78, 5) is 32.0. The van der Waals surface area contributed by atoms with Gasteiger partial charge in [0.2, 0.25) is 5.91 Å². The Labute approximate surface area is 169 Å².